The highest BCUT2D eigenvalue weighted by Crippen LogP contribution is 2.25. The molecule has 26 heavy (non-hydrogen) atoms. The quantitative estimate of drug-likeness (QED) is 0.381. The molecule has 1 aromatic carbocycles. The summed E-state index contributed by atoms with van der Waals surface area (Å²) < 4.78 is 15.7. The largest absolute Gasteiger partial charge is 0.481 e. The van der Waals surface area contributed by atoms with E-state index in [-0.39, 0.29) is 24.9 Å². The van der Waals surface area contributed by atoms with Crippen LogP contribution in [0.5, 0.6) is 5.75 Å². The summed E-state index contributed by atoms with van der Waals surface area (Å²) in [6, 6.07) is 5.23. The summed E-state index contributed by atoms with van der Waals surface area (Å²) in [6.45, 7) is 2.92. The SMILES string of the molecule is COC(=O)COc1ccc(C=NNC(=O)CN2CCOCC2)cc1Br.Cl. The Morgan fingerprint density at radius 2 is 2.12 bits per heavy atom. The summed E-state index contributed by atoms with van der Waals surface area (Å²) in [5.74, 6) is -0.116. The van der Waals surface area contributed by atoms with Gasteiger partial charge in [-0.25, -0.2) is 10.2 Å². The smallest absolute Gasteiger partial charge is 0.343 e. The van der Waals surface area contributed by atoms with E-state index in [0.29, 0.717) is 30.0 Å². The molecular weight excluding hydrogens is 430 g/mol. The number of esters is 1. The number of amides is 1. The second-order valence-corrected chi connectivity index (χ2v) is 6.09. The number of methoxy groups -OCH3 is 1. The van der Waals surface area contributed by atoms with Gasteiger partial charge in [0, 0.05) is 13.1 Å². The molecule has 144 valence electrons. The van der Waals surface area contributed by atoms with Gasteiger partial charge in [-0.3, -0.25) is 9.69 Å². The van der Waals surface area contributed by atoms with E-state index in [4.69, 9.17) is 9.47 Å². The van der Waals surface area contributed by atoms with Crippen LogP contribution in [0.1, 0.15) is 5.56 Å². The molecule has 1 aliphatic heterocycles. The summed E-state index contributed by atoms with van der Waals surface area (Å²) in [5.41, 5.74) is 3.27. The maximum Gasteiger partial charge on any atom is 0.343 e. The number of hydrogen-bond donors (Lipinski definition) is 1. The highest BCUT2D eigenvalue weighted by Gasteiger charge is 2.13. The van der Waals surface area contributed by atoms with Gasteiger partial charge in [0.05, 0.1) is 37.6 Å². The van der Waals surface area contributed by atoms with E-state index in [0.717, 1.165) is 18.7 Å². The van der Waals surface area contributed by atoms with Crippen molar-refractivity contribution in [3.8, 4) is 5.75 Å². The van der Waals surface area contributed by atoms with Crippen LogP contribution in [0, 0.1) is 0 Å². The third kappa shape index (κ3) is 7.69. The van der Waals surface area contributed by atoms with Crippen molar-refractivity contribution in [1.29, 1.82) is 0 Å². The minimum Gasteiger partial charge on any atom is -0.481 e. The van der Waals surface area contributed by atoms with Gasteiger partial charge < -0.3 is 14.2 Å². The third-order valence-electron chi connectivity index (χ3n) is 3.40. The van der Waals surface area contributed by atoms with Crippen LogP contribution in [0.25, 0.3) is 0 Å². The van der Waals surface area contributed by atoms with Gasteiger partial charge in [-0.05, 0) is 39.7 Å². The maximum absolute atomic E-state index is 11.8. The Kier molecular flexibility index (Phi) is 10.2. The number of benzene rings is 1. The molecule has 2 rings (SSSR count). The van der Waals surface area contributed by atoms with Gasteiger partial charge in [-0.2, -0.15) is 5.10 Å². The fourth-order valence-corrected chi connectivity index (χ4v) is 2.60. The van der Waals surface area contributed by atoms with Crippen LogP contribution in [0.4, 0.5) is 0 Å². The van der Waals surface area contributed by atoms with E-state index in [1.165, 1.54) is 13.3 Å². The molecule has 0 radical (unpaired) electrons. The molecule has 1 aliphatic rings. The minimum atomic E-state index is -0.458. The first-order valence-corrected chi connectivity index (χ1v) is 8.49. The van der Waals surface area contributed by atoms with E-state index in [1.54, 1.807) is 18.2 Å². The summed E-state index contributed by atoms with van der Waals surface area (Å²) >= 11 is 3.36. The number of carbonyl (C=O) groups excluding carboxylic acids is 2. The molecule has 0 aliphatic carbocycles. The fraction of sp³-hybridized carbons (Fsp3) is 0.438. The van der Waals surface area contributed by atoms with Crippen LogP contribution < -0.4 is 10.2 Å². The normalized spacial score (nSPS) is 14.5. The van der Waals surface area contributed by atoms with Gasteiger partial charge in [0.1, 0.15) is 5.75 Å². The van der Waals surface area contributed by atoms with Crippen molar-refractivity contribution in [2.75, 3.05) is 46.6 Å². The zero-order chi connectivity index (χ0) is 18.1. The lowest BCUT2D eigenvalue weighted by atomic mass is 10.2. The lowest BCUT2D eigenvalue weighted by Gasteiger charge is -2.25. The predicted molar refractivity (Wildman–Crippen MR) is 102 cm³/mol. The second-order valence-electron chi connectivity index (χ2n) is 5.24. The van der Waals surface area contributed by atoms with Gasteiger partial charge in [0.25, 0.3) is 5.91 Å². The standard InChI is InChI=1S/C16H20BrN3O5.ClH/c1-23-16(22)11-25-14-3-2-12(8-13(14)17)9-18-19-15(21)10-20-4-6-24-7-5-20;/h2-3,8-9H,4-7,10-11H2,1H3,(H,19,21);1H. The molecule has 0 saturated carbocycles. The summed E-state index contributed by atoms with van der Waals surface area (Å²) in [4.78, 5) is 24.9. The molecule has 1 heterocycles. The van der Waals surface area contributed by atoms with Crippen molar-refractivity contribution >= 4 is 46.4 Å². The van der Waals surface area contributed by atoms with Crippen molar-refractivity contribution in [3.63, 3.8) is 0 Å². The van der Waals surface area contributed by atoms with Gasteiger partial charge in [-0.15, -0.1) is 12.4 Å². The number of nitrogens with one attached hydrogen (secondary N) is 1. The number of nitrogens with zero attached hydrogens (tertiary/aromatic N) is 2. The Bertz CT molecular complexity index is 638. The number of halogens is 2. The predicted octanol–water partition coefficient (Wildman–Crippen LogP) is 1.21. The maximum atomic E-state index is 11.8. The lowest BCUT2D eigenvalue weighted by Crippen LogP contribution is -2.42. The Labute approximate surface area is 166 Å². The third-order valence-corrected chi connectivity index (χ3v) is 4.02. The molecule has 1 amide bonds. The van der Waals surface area contributed by atoms with Crippen LogP contribution in [0.15, 0.2) is 27.8 Å². The number of morpholine rings is 1. The Morgan fingerprint density at radius 1 is 1.38 bits per heavy atom. The van der Waals surface area contributed by atoms with Crippen LogP contribution in [-0.4, -0.2) is 69.6 Å². The van der Waals surface area contributed by atoms with E-state index in [9.17, 15) is 9.59 Å². The molecule has 0 bridgehead atoms. The van der Waals surface area contributed by atoms with E-state index >= 15 is 0 Å². The van der Waals surface area contributed by atoms with Crippen molar-refractivity contribution in [2.24, 2.45) is 5.10 Å². The first-order valence-electron chi connectivity index (χ1n) is 7.69. The zero-order valence-corrected chi connectivity index (χ0v) is 16.7. The highest BCUT2D eigenvalue weighted by atomic mass is 79.9. The second kappa shape index (κ2) is 11.8. The number of hydrazone groups is 1. The Hall–Kier alpha value is -1.68. The summed E-state index contributed by atoms with van der Waals surface area (Å²) in [5, 5.41) is 3.95. The molecular formula is C16H21BrClN3O5. The van der Waals surface area contributed by atoms with Crippen LogP contribution in [-0.2, 0) is 19.1 Å². The number of ether oxygens (including phenoxy) is 3. The Morgan fingerprint density at radius 3 is 2.77 bits per heavy atom. The zero-order valence-electron chi connectivity index (χ0n) is 14.3. The number of rotatable bonds is 7. The molecule has 8 nitrogen and oxygen atoms in total. The van der Waals surface area contributed by atoms with Gasteiger partial charge in [-0.1, -0.05) is 0 Å². The Balaban J connectivity index is 0.00000338. The summed E-state index contributed by atoms with van der Waals surface area (Å²) in [6.07, 6.45) is 1.53. The fourth-order valence-electron chi connectivity index (χ4n) is 2.09. The van der Waals surface area contributed by atoms with Gasteiger partial charge in [0.2, 0.25) is 0 Å². The number of hydrogen-bond acceptors (Lipinski definition) is 7. The van der Waals surface area contributed by atoms with E-state index in [2.05, 4.69) is 31.2 Å². The van der Waals surface area contributed by atoms with Crippen LogP contribution in [0.2, 0.25) is 0 Å². The molecule has 0 unspecified atom stereocenters. The average Bonchev–Trinajstić information content (AvgIpc) is 2.61. The van der Waals surface area contributed by atoms with Crippen molar-refractivity contribution in [3.05, 3.63) is 28.2 Å². The summed E-state index contributed by atoms with van der Waals surface area (Å²) in [7, 11) is 1.30. The van der Waals surface area contributed by atoms with E-state index < -0.39 is 5.97 Å². The van der Waals surface area contributed by atoms with Gasteiger partial charge in [0.15, 0.2) is 6.61 Å². The average molecular weight is 451 g/mol. The monoisotopic (exact) mass is 449 g/mol. The van der Waals surface area contributed by atoms with Gasteiger partial charge >= 0.3 is 5.97 Å². The van der Waals surface area contributed by atoms with Crippen LogP contribution in [0.3, 0.4) is 0 Å². The first-order chi connectivity index (χ1) is 12.1. The molecule has 0 atom stereocenters. The molecule has 10 heteroatoms. The molecule has 1 fully saturated rings. The number of carbonyl (C=O) groups is 2. The van der Waals surface area contributed by atoms with Crippen LogP contribution >= 0.6 is 28.3 Å². The minimum absolute atomic E-state index is 0. The molecule has 1 aromatic rings. The van der Waals surface area contributed by atoms with Crippen molar-refractivity contribution in [1.82, 2.24) is 10.3 Å². The topological polar surface area (TPSA) is 89.5 Å². The molecule has 1 N–H and O–H groups in total. The van der Waals surface area contributed by atoms with Crippen molar-refractivity contribution < 1.29 is 23.8 Å². The van der Waals surface area contributed by atoms with Crippen molar-refractivity contribution in [2.45, 2.75) is 0 Å². The molecule has 0 spiro atoms. The lowest BCUT2D eigenvalue weighted by molar-refractivity contribution is -0.142. The highest BCUT2D eigenvalue weighted by molar-refractivity contribution is 9.10. The molecule has 0 aromatic heterocycles. The first kappa shape index (κ1) is 22.4. The van der Waals surface area contributed by atoms with E-state index in [1.807, 2.05) is 4.90 Å². The molecule has 1 saturated heterocycles.